The zero-order chi connectivity index (χ0) is 14.2. The Labute approximate surface area is 121 Å². The second-order valence-electron chi connectivity index (χ2n) is 4.80. The molecular formula is C16H25NO3. The van der Waals surface area contributed by atoms with Crippen LogP contribution in [0.5, 0.6) is 5.75 Å². The highest BCUT2D eigenvalue weighted by Gasteiger charge is 2.14. The van der Waals surface area contributed by atoms with Crippen molar-refractivity contribution >= 4 is 5.69 Å². The summed E-state index contributed by atoms with van der Waals surface area (Å²) in [7, 11) is 0. The van der Waals surface area contributed by atoms with Crippen molar-refractivity contribution in [2.24, 2.45) is 0 Å². The van der Waals surface area contributed by atoms with Crippen LogP contribution >= 0.6 is 0 Å². The molecule has 4 heteroatoms. The molecule has 0 saturated carbocycles. The Balaban J connectivity index is 1.87. The number of fused-ring (bicyclic) bond motifs is 1. The Morgan fingerprint density at radius 2 is 2.00 bits per heavy atom. The molecule has 0 unspecified atom stereocenters. The molecule has 0 saturated heterocycles. The average Bonchev–Trinajstić information content (AvgIpc) is 2.48. The Morgan fingerprint density at radius 3 is 2.75 bits per heavy atom. The van der Waals surface area contributed by atoms with Crippen molar-refractivity contribution in [1.82, 2.24) is 0 Å². The van der Waals surface area contributed by atoms with E-state index in [9.17, 15) is 0 Å². The van der Waals surface area contributed by atoms with E-state index in [1.807, 2.05) is 19.9 Å². The van der Waals surface area contributed by atoms with Gasteiger partial charge in [0.15, 0.2) is 6.29 Å². The largest absolute Gasteiger partial charge is 0.491 e. The monoisotopic (exact) mass is 279 g/mol. The molecule has 0 aliphatic carbocycles. The van der Waals surface area contributed by atoms with E-state index in [1.54, 1.807) is 0 Å². The molecule has 0 radical (unpaired) electrons. The van der Waals surface area contributed by atoms with Gasteiger partial charge < -0.3 is 19.5 Å². The smallest absolute Gasteiger partial charge is 0.160 e. The van der Waals surface area contributed by atoms with Gasteiger partial charge in [0.1, 0.15) is 5.75 Å². The SMILES string of the molecule is CCOC(CCOc1cccc2c1NCCC2)OCC. The summed E-state index contributed by atoms with van der Waals surface area (Å²) in [6, 6.07) is 6.24. The second-order valence-corrected chi connectivity index (χ2v) is 4.80. The van der Waals surface area contributed by atoms with E-state index in [1.165, 1.54) is 12.0 Å². The fraction of sp³-hybridized carbons (Fsp3) is 0.625. The summed E-state index contributed by atoms with van der Waals surface area (Å²) in [4.78, 5) is 0. The van der Waals surface area contributed by atoms with Crippen LogP contribution in [0.2, 0.25) is 0 Å². The number of para-hydroxylation sites is 1. The second kappa shape index (κ2) is 8.12. The van der Waals surface area contributed by atoms with E-state index in [0.29, 0.717) is 19.8 Å². The first-order valence-corrected chi connectivity index (χ1v) is 7.57. The summed E-state index contributed by atoms with van der Waals surface area (Å²) in [6.07, 6.45) is 2.89. The quantitative estimate of drug-likeness (QED) is 0.742. The summed E-state index contributed by atoms with van der Waals surface area (Å²) in [5.74, 6) is 0.939. The molecule has 0 amide bonds. The molecule has 112 valence electrons. The van der Waals surface area contributed by atoms with Crippen molar-refractivity contribution in [3.8, 4) is 5.75 Å². The summed E-state index contributed by atoms with van der Waals surface area (Å²) in [6.45, 7) is 6.89. The van der Waals surface area contributed by atoms with E-state index in [0.717, 1.165) is 30.8 Å². The first-order chi connectivity index (χ1) is 9.85. The predicted octanol–water partition coefficient (Wildman–Crippen LogP) is 3.21. The third-order valence-corrected chi connectivity index (χ3v) is 3.35. The maximum atomic E-state index is 5.91. The van der Waals surface area contributed by atoms with Crippen molar-refractivity contribution < 1.29 is 14.2 Å². The van der Waals surface area contributed by atoms with Gasteiger partial charge in [0, 0.05) is 26.2 Å². The predicted molar refractivity (Wildman–Crippen MR) is 80.4 cm³/mol. The van der Waals surface area contributed by atoms with Crippen LogP contribution in [-0.4, -0.2) is 32.7 Å². The maximum Gasteiger partial charge on any atom is 0.160 e. The summed E-state index contributed by atoms with van der Waals surface area (Å²) in [5, 5.41) is 3.43. The number of hydrogen-bond acceptors (Lipinski definition) is 4. The minimum Gasteiger partial charge on any atom is -0.491 e. The highest BCUT2D eigenvalue weighted by atomic mass is 16.7. The first kappa shape index (κ1) is 15.1. The van der Waals surface area contributed by atoms with Crippen molar-refractivity contribution in [2.45, 2.75) is 39.4 Å². The van der Waals surface area contributed by atoms with Gasteiger partial charge in [-0.2, -0.15) is 0 Å². The van der Waals surface area contributed by atoms with Gasteiger partial charge >= 0.3 is 0 Å². The number of nitrogens with one attached hydrogen (secondary N) is 1. The highest BCUT2D eigenvalue weighted by Crippen LogP contribution is 2.32. The Morgan fingerprint density at radius 1 is 1.20 bits per heavy atom. The van der Waals surface area contributed by atoms with Gasteiger partial charge in [-0.15, -0.1) is 0 Å². The third kappa shape index (κ3) is 4.12. The summed E-state index contributed by atoms with van der Waals surface area (Å²) in [5.41, 5.74) is 2.50. The Bertz CT molecular complexity index is 403. The van der Waals surface area contributed by atoms with Crippen LogP contribution < -0.4 is 10.1 Å². The van der Waals surface area contributed by atoms with Crippen LogP contribution in [0, 0.1) is 0 Å². The molecule has 0 aromatic heterocycles. The van der Waals surface area contributed by atoms with Crippen molar-refractivity contribution in [2.75, 3.05) is 31.7 Å². The molecule has 0 spiro atoms. The zero-order valence-electron chi connectivity index (χ0n) is 12.5. The molecule has 1 N–H and O–H groups in total. The van der Waals surface area contributed by atoms with Gasteiger partial charge in [0.25, 0.3) is 0 Å². The van der Waals surface area contributed by atoms with Crippen LogP contribution in [0.4, 0.5) is 5.69 Å². The topological polar surface area (TPSA) is 39.7 Å². The lowest BCUT2D eigenvalue weighted by atomic mass is 10.0. The van der Waals surface area contributed by atoms with Gasteiger partial charge in [0.2, 0.25) is 0 Å². The number of anilines is 1. The first-order valence-electron chi connectivity index (χ1n) is 7.57. The van der Waals surface area contributed by atoms with Crippen LogP contribution in [0.25, 0.3) is 0 Å². The van der Waals surface area contributed by atoms with Crippen LogP contribution in [0.15, 0.2) is 18.2 Å². The van der Waals surface area contributed by atoms with E-state index in [-0.39, 0.29) is 6.29 Å². The molecule has 20 heavy (non-hydrogen) atoms. The van der Waals surface area contributed by atoms with Crippen molar-refractivity contribution in [1.29, 1.82) is 0 Å². The minimum atomic E-state index is -0.169. The normalized spacial score (nSPS) is 13.9. The van der Waals surface area contributed by atoms with Gasteiger partial charge in [-0.3, -0.25) is 0 Å². The van der Waals surface area contributed by atoms with Gasteiger partial charge in [-0.1, -0.05) is 12.1 Å². The lowest BCUT2D eigenvalue weighted by Gasteiger charge is -2.22. The highest BCUT2D eigenvalue weighted by molar-refractivity contribution is 5.63. The number of rotatable bonds is 8. The number of benzene rings is 1. The molecule has 1 aliphatic heterocycles. The lowest BCUT2D eigenvalue weighted by Crippen LogP contribution is -2.20. The third-order valence-electron chi connectivity index (χ3n) is 3.35. The molecular weight excluding hydrogens is 254 g/mol. The molecule has 0 bridgehead atoms. The van der Waals surface area contributed by atoms with E-state index < -0.39 is 0 Å². The standard InChI is InChI=1S/C16H25NO3/c1-3-18-15(19-4-2)10-12-20-14-9-5-7-13-8-6-11-17-16(13)14/h5,7,9,15,17H,3-4,6,8,10-12H2,1-2H3. The molecule has 1 aliphatic rings. The van der Waals surface area contributed by atoms with Crippen LogP contribution in [0.1, 0.15) is 32.3 Å². The fourth-order valence-corrected chi connectivity index (χ4v) is 2.45. The van der Waals surface area contributed by atoms with Crippen LogP contribution in [-0.2, 0) is 15.9 Å². The van der Waals surface area contributed by atoms with E-state index in [4.69, 9.17) is 14.2 Å². The average molecular weight is 279 g/mol. The van der Waals surface area contributed by atoms with Crippen LogP contribution in [0.3, 0.4) is 0 Å². The minimum absolute atomic E-state index is 0.169. The molecule has 4 nitrogen and oxygen atoms in total. The maximum absolute atomic E-state index is 5.91. The fourth-order valence-electron chi connectivity index (χ4n) is 2.45. The number of aryl methyl sites for hydroxylation is 1. The Kier molecular flexibility index (Phi) is 6.15. The van der Waals surface area contributed by atoms with Gasteiger partial charge in [-0.05, 0) is 38.3 Å². The molecule has 1 aromatic rings. The number of hydrogen-bond donors (Lipinski definition) is 1. The van der Waals surface area contributed by atoms with E-state index >= 15 is 0 Å². The van der Waals surface area contributed by atoms with Crippen molar-refractivity contribution in [3.63, 3.8) is 0 Å². The number of ether oxygens (including phenoxy) is 3. The van der Waals surface area contributed by atoms with Crippen molar-refractivity contribution in [3.05, 3.63) is 23.8 Å². The molecule has 0 atom stereocenters. The molecule has 1 heterocycles. The molecule has 1 aromatic carbocycles. The van der Waals surface area contributed by atoms with Gasteiger partial charge in [-0.25, -0.2) is 0 Å². The summed E-state index contributed by atoms with van der Waals surface area (Å²) >= 11 is 0. The van der Waals surface area contributed by atoms with Gasteiger partial charge in [0.05, 0.1) is 12.3 Å². The summed E-state index contributed by atoms with van der Waals surface area (Å²) < 4.78 is 16.9. The molecule has 2 rings (SSSR count). The zero-order valence-corrected chi connectivity index (χ0v) is 12.5. The Hall–Kier alpha value is -1.26. The van der Waals surface area contributed by atoms with E-state index in [2.05, 4.69) is 17.4 Å². The molecule has 0 fully saturated rings. The lowest BCUT2D eigenvalue weighted by molar-refractivity contribution is -0.142.